The number of amides is 1. The summed E-state index contributed by atoms with van der Waals surface area (Å²) in [5.41, 5.74) is 2.74. The van der Waals surface area contributed by atoms with Gasteiger partial charge in [0.1, 0.15) is 11.6 Å². The van der Waals surface area contributed by atoms with E-state index in [1.807, 2.05) is 25.1 Å². The fourth-order valence-electron chi connectivity index (χ4n) is 2.11. The monoisotopic (exact) mass is 287 g/mol. The van der Waals surface area contributed by atoms with Gasteiger partial charge in [-0.15, -0.1) is 0 Å². The van der Waals surface area contributed by atoms with Gasteiger partial charge in [-0.25, -0.2) is 4.39 Å². The number of carbonyl (C=O) groups is 1. The van der Waals surface area contributed by atoms with Gasteiger partial charge in [-0.3, -0.25) is 4.79 Å². The van der Waals surface area contributed by atoms with Crippen molar-refractivity contribution in [1.82, 2.24) is 0 Å². The van der Waals surface area contributed by atoms with Crippen molar-refractivity contribution >= 4 is 11.6 Å². The van der Waals surface area contributed by atoms with E-state index in [1.54, 1.807) is 19.2 Å². The van der Waals surface area contributed by atoms with Crippen molar-refractivity contribution in [2.24, 2.45) is 0 Å². The molecule has 0 bridgehead atoms. The van der Waals surface area contributed by atoms with E-state index in [2.05, 4.69) is 5.32 Å². The summed E-state index contributed by atoms with van der Waals surface area (Å²) in [7, 11) is 1.64. The number of benzene rings is 2. The lowest BCUT2D eigenvalue weighted by molar-refractivity contribution is -0.116. The molecule has 2 aromatic rings. The first kappa shape index (κ1) is 15.0. The number of ether oxygens (including phenoxy) is 1. The second-order valence-electron chi connectivity index (χ2n) is 4.86. The zero-order chi connectivity index (χ0) is 15.2. The molecule has 4 heteroatoms. The zero-order valence-electron chi connectivity index (χ0n) is 12.2. The molecule has 1 N–H and O–H groups in total. The van der Waals surface area contributed by atoms with Crippen LogP contribution in [0.5, 0.6) is 5.75 Å². The second-order valence-corrected chi connectivity index (χ2v) is 4.86. The van der Waals surface area contributed by atoms with Crippen LogP contribution in [0.4, 0.5) is 10.1 Å². The number of hydrogen-bond acceptors (Lipinski definition) is 2. The number of nitrogens with one attached hydrogen (secondary N) is 1. The lowest BCUT2D eigenvalue weighted by Crippen LogP contribution is -2.12. The summed E-state index contributed by atoms with van der Waals surface area (Å²) in [6, 6.07) is 11.6. The van der Waals surface area contributed by atoms with Gasteiger partial charge in [0.15, 0.2) is 0 Å². The number of rotatable bonds is 5. The van der Waals surface area contributed by atoms with Crippen molar-refractivity contribution in [2.75, 3.05) is 12.4 Å². The van der Waals surface area contributed by atoms with Crippen LogP contribution in [0.25, 0.3) is 0 Å². The topological polar surface area (TPSA) is 38.3 Å². The van der Waals surface area contributed by atoms with Gasteiger partial charge in [-0.05, 0) is 54.8 Å². The lowest BCUT2D eigenvalue weighted by Gasteiger charge is -2.08. The first-order valence-electron chi connectivity index (χ1n) is 6.77. The van der Waals surface area contributed by atoms with Gasteiger partial charge in [0.2, 0.25) is 5.91 Å². The Kier molecular flexibility index (Phi) is 4.93. The minimum Gasteiger partial charge on any atom is -0.496 e. The maximum Gasteiger partial charge on any atom is 0.224 e. The highest BCUT2D eigenvalue weighted by atomic mass is 19.1. The van der Waals surface area contributed by atoms with Crippen LogP contribution < -0.4 is 10.1 Å². The Morgan fingerprint density at radius 2 is 1.90 bits per heavy atom. The molecule has 2 aromatic carbocycles. The average molecular weight is 287 g/mol. The molecule has 0 aliphatic carbocycles. The van der Waals surface area contributed by atoms with Gasteiger partial charge < -0.3 is 10.1 Å². The van der Waals surface area contributed by atoms with Crippen molar-refractivity contribution in [2.45, 2.75) is 19.8 Å². The maximum atomic E-state index is 12.8. The number of methoxy groups -OCH3 is 1. The Morgan fingerprint density at radius 1 is 1.19 bits per heavy atom. The summed E-state index contributed by atoms with van der Waals surface area (Å²) >= 11 is 0. The van der Waals surface area contributed by atoms with Crippen LogP contribution in [0.15, 0.2) is 42.5 Å². The number of hydrogen-bond donors (Lipinski definition) is 1. The van der Waals surface area contributed by atoms with Crippen molar-refractivity contribution in [3.63, 3.8) is 0 Å². The fourth-order valence-corrected chi connectivity index (χ4v) is 2.11. The van der Waals surface area contributed by atoms with E-state index < -0.39 is 0 Å². The van der Waals surface area contributed by atoms with Gasteiger partial charge in [-0.2, -0.15) is 0 Å². The number of carbonyl (C=O) groups excluding carboxylic acids is 1. The van der Waals surface area contributed by atoms with Gasteiger partial charge in [-0.1, -0.05) is 12.1 Å². The molecule has 0 aliphatic rings. The standard InChI is InChI=1S/C17H18FNO2/c1-12-11-13(3-9-16(12)21-2)4-10-17(20)19-15-7-5-14(18)6-8-15/h3,5-9,11H,4,10H2,1-2H3,(H,19,20). The predicted molar refractivity (Wildman–Crippen MR) is 81.1 cm³/mol. The van der Waals surface area contributed by atoms with Crippen molar-refractivity contribution in [3.8, 4) is 5.75 Å². The van der Waals surface area contributed by atoms with Crippen LogP contribution in [0.2, 0.25) is 0 Å². The Labute approximate surface area is 123 Å². The molecule has 0 unspecified atom stereocenters. The van der Waals surface area contributed by atoms with Crippen LogP contribution in [-0.2, 0) is 11.2 Å². The SMILES string of the molecule is COc1ccc(CCC(=O)Nc2ccc(F)cc2)cc1C. The molecule has 0 spiro atoms. The first-order valence-corrected chi connectivity index (χ1v) is 6.77. The lowest BCUT2D eigenvalue weighted by atomic mass is 10.1. The molecule has 21 heavy (non-hydrogen) atoms. The molecule has 0 aliphatic heterocycles. The van der Waals surface area contributed by atoms with E-state index in [4.69, 9.17) is 4.74 Å². The molecule has 0 saturated carbocycles. The first-order chi connectivity index (χ1) is 10.1. The summed E-state index contributed by atoms with van der Waals surface area (Å²) in [4.78, 5) is 11.8. The quantitative estimate of drug-likeness (QED) is 0.910. The van der Waals surface area contributed by atoms with E-state index in [0.717, 1.165) is 16.9 Å². The molecule has 2 rings (SSSR count). The van der Waals surface area contributed by atoms with E-state index in [-0.39, 0.29) is 11.7 Å². The van der Waals surface area contributed by atoms with Crippen molar-refractivity contribution < 1.29 is 13.9 Å². The molecule has 0 aromatic heterocycles. The van der Waals surface area contributed by atoms with E-state index in [1.165, 1.54) is 12.1 Å². The highest BCUT2D eigenvalue weighted by Crippen LogP contribution is 2.19. The average Bonchev–Trinajstić information content (AvgIpc) is 2.48. The fraction of sp³-hybridized carbons (Fsp3) is 0.235. The Morgan fingerprint density at radius 3 is 2.52 bits per heavy atom. The van der Waals surface area contributed by atoms with E-state index in [0.29, 0.717) is 18.5 Å². The summed E-state index contributed by atoms with van der Waals surface area (Å²) in [5.74, 6) is 0.436. The second kappa shape index (κ2) is 6.88. The summed E-state index contributed by atoms with van der Waals surface area (Å²) in [6.45, 7) is 1.97. The van der Waals surface area contributed by atoms with Gasteiger partial charge >= 0.3 is 0 Å². The third-order valence-corrected chi connectivity index (χ3v) is 3.23. The third-order valence-electron chi connectivity index (χ3n) is 3.23. The van der Waals surface area contributed by atoms with Gasteiger partial charge in [0, 0.05) is 12.1 Å². The van der Waals surface area contributed by atoms with Crippen molar-refractivity contribution in [1.29, 1.82) is 0 Å². The zero-order valence-corrected chi connectivity index (χ0v) is 12.2. The minimum atomic E-state index is -0.318. The van der Waals surface area contributed by atoms with Crippen LogP contribution in [0, 0.1) is 12.7 Å². The molecule has 0 radical (unpaired) electrons. The van der Waals surface area contributed by atoms with Crippen LogP contribution in [-0.4, -0.2) is 13.0 Å². The molecule has 3 nitrogen and oxygen atoms in total. The van der Waals surface area contributed by atoms with Crippen molar-refractivity contribution in [3.05, 3.63) is 59.4 Å². The van der Waals surface area contributed by atoms with Crippen LogP contribution in [0.3, 0.4) is 0 Å². The maximum absolute atomic E-state index is 12.8. The molecular weight excluding hydrogens is 269 g/mol. The highest BCUT2D eigenvalue weighted by molar-refractivity contribution is 5.90. The molecule has 110 valence electrons. The Balaban J connectivity index is 1.89. The number of halogens is 1. The highest BCUT2D eigenvalue weighted by Gasteiger charge is 2.05. The molecule has 0 saturated heterocycles. The molecule has 0 atom stereocenters. The summed E-state index contributed by atoms with van der Waals surface area (Å²) < 4.78 is 18.0. The molecule has 0 heterocycles. The third kappa shape index (κ3) is 4.31. The van der Waals surface area contributed by atoms with Gasteiger partial charge in [0.25, 0.3) is 0 Å². The molecule has 1 amide bonds. The van der Waals surface area contributed by atoms with Crippen LogP contribution in [0.1, 0.15) is 17.5 Å². The number of aryl methyl sites for hydroxylation is 2. The van der Waals surface area contributed by atoms with E-state index >= 15 is 0 Å². The Hall–Kier alpha value is -2.36. The number of anilines is 1. The largest absolute Gasteiger partial charge is 0.496 e. The predicted octanol–water partition coefficient (Wildman–Crippen LogP) is 3.71. The normalized spacial score (nSPS) is 10.2. The minimum absolute atomic E-state index is 0.0879. The Bertz CT molecular complexity index is 623. The van der Waals surface area contributed by atoms with E-state index in [9.17, 15) is 9.18 Å². The van der Waals surface area contributed by atoms with Gasteiger partial charge in [0.05, 0.1) is 7.11 Å². The molecular formula is C17H18FNO2. The van der Waals surface area contributed by atoms with Crippen LogP contribution >= 0.6 is 0 Å². The summed E-state index contributed by atoms with van der Waals surface area (Å²) in [5, 5.41) is 2.75. The smallest absolute Gasteiger partial charge is 0.224 e. The summed E-state index contributed by atoms with van der Waals surface area (Å²) in [6.07, 6.45) is 1.03. The molecule has 0 fully saturated rings.